The summed E-state index contributed by atoms with van der Waals surface area (Å²) >= 11 is 1.47. The van der Waals surface area contributed by atoms with Gasteiger partial charge in [0, 0.05) is 30.8 Å². The highest BCUT2D eigenvalue weighted by Gasteiger charge is 2.22. The van der Waals surface area contributed by atoms with E-state index in [9.17, 15) is 10.1 Å². The molecule has 10 nitrogen and oxygen atoms in total. The fraction of sp³-hybridized carbons (Fsp3) is 0.273. The van der Waals surface area contributed by atoms with E-state index in [4.69, 9.17) is 4.42 Å². The Kier molecular flexibility index (Phi) is 6.03. The number of anilines is 1. The van der Waals surface area contributed by atoms with Gasteiger partial charge in [0.15, 0.2) is 5.16 Å². The van der Waals surface area contributed by atoms with Crippen molar-refractivity contribution < 1.29 is 9.34 Å². The fourth-order valence-electron chi connectivity index (χ4n) is 3.74. The molecule has 0 N–H and O–H groups in total. The van der Waals surface area contributed by atoms with Gasteiger partial charge in [0.2, 0.25) is 17.7 Å². The van der Waals surface area contributed by atoms with Crippen molar-refractivity contribution in [2.75, 3.05) is 18.0 Å². The van der Waals surface area contributed by atoms with Crippen LogP contribution in [0, 0.1) is 10.1 Å². The molecule has 1 saturated heterocycles. The summed E-state index contributed by atoms with van der Waals surface area (Å²) in [7, 11) is 0. The summed E-state index contributed by atoms with van der Waals surface area (Å²) in [6, 6.07) is 16.1. The molecule has 33 heavy (non-hydrogen) atoms. The Hall–Kier alpha value is -3.73. The molecule has 11 heteroatoms. The first-order chi connectivity index (χ1) is 16.2. The van der Waals surface area contributed by atoms with Crippen LogP contribution in [0.4, 0.5) is 11.6 Å². The van der Waals surface area contributed by atoms with Gasteiger partial charge in [-0.1, -0.05) is 30.0 Å². The molecule has 4 aromatic rings. The Bertz CT molecular complexity index is 1230. The standard InChI is InChI=1S/C22H21N7O3S/c30-29(31)18-11-9-16(10-12-18)20-24-23-19(32-20)15-33-22-26-25-21(27-13-5-2-6-14-27)28(22)17-7-3-1-4-8-17/h1,3-4,7-12H,2,5-6,13-15H2. The van der Waals surface area contributed by atoms with Crippen LogP contribution in [0.25, 0.3) is 17.1 Å². The van der Waals surface area contributed by atoms with Gasteiger partial charge in [0.1, 0.15) is 0 Å². The molecule has 0 unspecified atom stereocenters. The van der Waals surface area contributed by atoms with Crippen LogP contribution in [0.15, 0.2) is 64.2 Å². The quantitative estimate of drug-likeness (QED) is 0.222. The number of hydrogen-bond acceptors (Lipinski definition) is 9. The average Bonchev–Trinajstić information content (AvgIpc) is 3.51. The molecule has 0 aliphatic carbocycles. The third-order valence-electron chi connectivity index (χ3n) is 5.39. The third-order valence-corrected chi connectivity index (χ3v) is 6.30. The number of hydrogen-bond donors (Lipinski definition) is 0. The molecule has 2 aromatic heterocycles. The number of nitrogens with zero attached hydrogens (tertiary/aromatic N) is 7. The molecule has 2 aromatic carbocycles. The van der Waals surface area contributed by atoms with Crippen LogP contribution in [0.5, 0.6) is 0 Å². The Morgan fingerprint density at radius 3 is 2.42 bits per heavy atom. The maximum Gasteiger partial charge on any atom is 0.269 e. The van der Waals surface area contributed by atoms with Crippen molar-refractivity contribution in [1.82, 2.24) is 25.0 Å². The number of nitro groups is 1. The normalized spacial score (nSPS) is 13.9. The van der Waals surface area contributed by atoms with Crippen molar-refractivity contribution in [3.05, 3.63) is 70.6 Å². The summed E-state index contributed by atoms with van der Waals surface area (Å²) in [6.45, 7) is 1.94. The van der Waals surface area contributed by atoms with Crippen LogP contribution in [0.1, 0.15) is 25.2 Å². The van der Waals surface area contributed by atoms with Gasteiger partial charge >= 0.3 is 0 Å². The summed E-state index contributed by atoms with van der Waals surface area (Å²) in [4.78, 5) is 12.7. The highest BCUT2D eigenvalue weighted by Crippen LogP contribution is 2.30. The number of benzene rings is 2. The lowest BCUT2D eigenvalue weighted by Gasteiger charge is -2.27. The van der Waals surface area contributed by atoms with E-state index >= 15 is 0 Å². The smallest absolute Gasteiger partial charge is 0.269 e. The van der Waals surface area contributed by atoms with Crippen LogP contribution >= 0.6 is 11.8 Å². The molecule has 5 rings (SSSR count). The summed E-state index contributed by atoms with van der Waals surface area (Å²) in [6.07, 6.45) is 3.54. The van der Waals surface area contributed by atoms with Crippen molar-refractivity contribution in [1.29, 1.82) is 0 Å². The minimum absolute atomic E-state index is 0.0128. The van der Waals surface area contributed by atoms with E-state index in [0.717, 1.165) is 42.7 Å². The van der Waals surface area contributed by atoms with Gasteiger partial charge in [0.05, 0.1) is 16.4 Å². The molecule has 168 valence electrons. The molecular formula is C22H21N7O3S. The number of rotatable bonds is 7. The predicted molar refractivity (Wildman–Crippen MR) is 123 cm³/mol. The van der Waals surface area contributed by atoms with Gasteiger partial charge in [-0.15, -0.1) is 20.4 Å². The average molecular weight is 464 g/mol. The zero-order valence-electron chi connectivity index (χ0n) is 17.7. The van der Waals surface area contributed by atoms with Crippen LogP contribution in [-0.4, -0.2) is 43.0 Å². The number of thioether (sulfide) groups is 1. The predicted octanol–water partition coefficient (Wildman–Crippen LogP) is 4.51. The number of nitro benzene ring substituents is 1. The van der Waals surface area contributed by atoms with Gasteiger partial charge in [-0.3, -0.25) is 14.7 Å². The number of piperidine rings is 1. The van der Waals surface area contributed by atoms with Crippen molar-refractivity contribution in [3.63, 3.8) is 0 Å². The van der Waals surface area contributed by atoms with Crippen LogP contribution in [-0.2, 0) is 5.75 Å². The van der Waals surface area contributed by atoms with E-state index in [1.54, 1.807) is 12.1 Å². The van der Waals surface area contributed by atoms with Crippen molar-refractivity contribution >= 4 is 23.4 Å². The molecule has 3 heterocycles. The van der Waals surface area contributed by atoms with Crippen LogP contribution < -0.4 is 4.90 Å². The van der Waals surface area contributed by atoms with Gasteiger partial charge < -0.3 is 9.32 Å². The first kappa shape index (κ1) is 21.1. The van der Waals surface area contributed by atoms with Gasteiger partial charge in [-0.25, -0.2) is 0 Å². The van der Waals surface area contributed by atoms with Crippen molar-refractivity contribution in [2.24, 2.45) is 0 Å². The Morgan fingerprint density at radius 2 is 1.70 bits per heavy atom. The van der Waals surface area contributed by atoms with Gasteiger partial charge in [-0.2, -0.15) is 0 Å². The third kappa shape index (κ3) is 4.58. The Balaban J connectivity index is 1.36. The lowest BCUT2D eigenvalue weighted by Crippen LogP contribution is -2.31. The molecule has 0 radical (unpaired) electrons. The molecule has 0 bridgehead atoms. The van der Waals surface area contributed by atoms with Crippen molar-refractivity contribution in [3.8, 4) is 17.1 Å². The molecule has 1 aliphatic heterocycles. The number of para-hydroxylation sites is 1. The van der Waals surface area contributed by atoms with Crippen LogP contribution in [0.3, 0.4) is 0 Å². The molecule has 1 fully saturated rings. The molecule has 0 amide bonds. The zero-order chi connectivity index (χ0) is 22.6. The van der Waals surface area contributed by atoms with E-state index < -0.39 is 4.92 Å². The van der Waals surface area contributed by atoms with E-state index in [0.29, 0.717) is 23.1 Å². The first-order valence-corrected chi connectivity index (χ1v) is 11.6. The summed E-state index contributed by atoms with van der Waals surface area (Å²) < 4.78 is 7.85. The van der Waals surface area contributed by atoms with E-state index in [1.165, 1.54) is 30.3 Å². The maximum atomic E-state index is 10.8. The van der Waals surface area contributed by atoms with Gasteiger partial charge in [0.25, 0.3) is 5.69 Å². The van der Waals surface area contributed by atoms with Gasteiger partial charge in [-0.05, 0) is 43.5 Å². The maximum absolute atomic E-state index is 10.8. The Morgan fingerprint density at radius 1 is 0.939 bits per heavy atom. The SMILES string of the molecule is O=[N+]([O-])c1ccc(-c2nnc(CSc3nnc(N4CCCCC4)n3-c3ccccc3)o2)cc1. The first-order valence-electron chi connectivity index (χ1n) is 10.6. The molecule has 1 aliphatic rings. The fourth-order valence-corrected chi connectivity index (χ4v) is 4.52. The lowest BCUT2D eigenvalue weighted by atomic mass is 10.1. The van der Waals surface area contributed by atoms with Crippen molar-refractivity contribution in [2.45, 2.75) is 30.2 Å². The molecule has 0 saturated carbocycles. The summed E-state index contributed by atoms with van der Waals surface area (Å²) in [5, 5.41) is 28.7. The van der Waals surface area contributed by atoms with E-state index in [-0.39, 0.29) is 5.69 Å². The topological polar surface area (TPSA) is 116 Å². The Labute approximate surface area is 193 Å². The number of aromatic nitrogens is 5. The highest BCUT2D eigenvalue weighted by atomic mass is 32.2. The summed E-state index contributed by atoms with van der Waals surface area (Å²) in [5.41, 5.74) is 1.64. The van der Waals surface area contributed by atoms with Crippen LogP contribution in [0.2, 0.25) is 0 Å². The van der Waals surface area contributed by atoms with E-state index in [2.05, 4.69) is 29.9 Å². The molecular weight excluding hydrogens is 442 g/mol. The molecule has 0 atom stereocenters. The second-order valence-electron chi connectivity index (χ2n) is 7.59. The highest BCUT2D eigenvalue weighted by molar-refractivity contribution is 7.98. The van der Waals surface area contributed by atoms with E-state index in [1.807, 2.05) is 30.3 Å². The molecule has 0 spiro atoms. The largest absolute Gasteiger partial charge is 0.420 e. The second kappa shape index (κ2) is 9.41. The summed E-state index contributed by atoms with van der Waals surface area (Å²) in [5.74, 6) is 2.03. The minimum atomic E-state index is -0.444. The lowest BCUT2D eigenvalue weighted by molar-refractivity contribution is -0.384. The second-order valence-corrected chi connectivity index (χ2v) is 8.54. The monoisotopic (exact) mass is 463 g/mol. The zero-order valence-corrected chi connectivity index (χ0v) is 18.5. The number of non-ortho nitro benzene ring substituents is 1. The minimum Gasteiger partial charge on any atom is -0.420 e.